The fourth-order valence-electron chi connectivity index (χ4n) is 1.96. The summed E-state index contributed by atoms with van der Waals surface area (Å²) in [5.41, 5.74) is 9.04. The predicted molar refractivity (Wildman–Crippen MR) is 76.2 cm³/mol. The fraction of sp³-hybridized carbons (Fsp3) is 0.400. The molecular weight excluding hydrogens is 238 g/mol. The van der Waals surface area contributed by atoms with E-state index >= 15 is 0 Å². The number of rotatable bonds is 5. The number of nitrogens with zero attached hydrogens (tertiary/aromatic N) is 2. The number of aromatic nitrogens is 2. The monoisotopic (exact) mass is 259 g/mol. The third kappa shape index (κ3) is 3.35. The van der Waals surface area contributed by atoms with Gasteiger partial charge in [-0.05, 0) is 30.5 Å². The Morgan fingerprint density at radius 3 is 2.53 bits per heavy atom. The second-order valence-electron chi connectivity index (χ2n) is 4.91. The van der Waals surface area contributed by atoms with Gasteiger partial charge in [-0.1, -0.05) is 31.2 Å². The first-order chi connectivity index (χ1) is 9.10. The maximum Gasteiger partial charge on any atom is 0.212 e. The van der Waals surface area contributed by atoms with Gasteiger partial charge in [0.15, 0.2) is 0 Å². The zero-order valence-electron chi connectivity index (χ0n) is 11.8. The lowest BCUT2D eigenvalue weighted by molar-refractivity contribution is 0.279. The van der Waals surface area contributed by atoms with Crippen LogP contribution >= 0.6 is 0 Å². The molecule has 2 rings (SSSR count). The van der Waals surface area contributed by atoms with Gasteiger partial charge in [0, 0.05) is 13.1 Å². The van der Waals surface area contributed by atoms with Gasteiger partial charge in [0.05, 0.1) is 5.69 Å². The highest BCUT2D eigenvalue weighted by atomic mass is 16.5. The van der Waals surface area contributed by atoms with Gasteiger partial charge in [0.2, 0.25) is 5.88 Å². The third-order valence-corrected chi connectivity index (χ3v) is 3.25. The molecule has 4 heteroatoms. The molecule has 102 valence electrons. The summed E-state index contributed by atoms with van der Waals surface area (Å²) in [5, 5.41) is 4.25. The van der Waals surface area contributed by atoms with E-state index in [4.69, 9.17) is 10.5 Å². The summed E-state index contributed by atoms with van der Waals surface area (Å²) < 4.78 is 7.50. The summed E-state index contributed by atoms with van der Waals surface area (Å²) in [7, 11) is 1.88. The zero-order valence-corrected chi connectivity index (χ0v) is 11.8. The summed E-state index contributed by atoms with van der Waals surface area (Å²) >= 11 is 0. The smallest absolute Gasteiger partial charge is 0.212 e. The Morgan fingerprint density at radius 1 is 1.32 bits per heavy atom. The quantitative estimate of drug-likeness (QED) is 0.897. The Labute approximate surface area is 114 Å². The van der Waals surface area contributed by atoms with E-state index in [2.05, 4.69) is 36.3 Å². The number of nitrogens with two attached hydrogens (primary N) is 1. The van der Waals surface area contributed by atoms with E-state index < -0.39 is 0 Å². The van der Waals surface area contributed by atoms with Crippen LogP contribution in [-0.2, 0) is 13.7 Å². The SMILES string of the molecule is Cc1cc(OCc2ccc(C(C)CN)cc2)n(C)n1. The van der Waals surface area contributed by atoms with Crippen LogP contribution in [0.1, 0.15) is 29.7 Å². The number of aryl methyl sites for hydroxylation is 2. The summed E-state index contributed by atoms with van der Waals surface area (Å²) in [4.78, 5) is 0. The predicted octanol–water partition coefficient (Wildman–Crippen LogP) is 2.37. The molecule has 0 bridgehead atoms. The fourth-order valence-corrected chi connectivity index (χ4v) is 1.96. The van der Waals surface area contributed by atoms with Gasteiger partial charge in [-0.15, -0.1) is 0 Å². The maximum atomic E-state index is 5.75. The summed E-state index contributed by atoms with van der Waals surface area (Å²) in [6, 6.07) is 10.3. The molecule has 1 aromatic carbocycles. The largest absolute Gasteiger partial charge is 0.473 e. The molecule has 19 heavy (non-hydrogen) atoms. The summed E-state index contributed by atoms with van der Waals surface area (Å²) in [6.07, 6.45) is 0. The molecule has 1 atom stereocenters. The van der Waals surface area contributed by atoms with Crippen LogP contribution in [0, 0.1) is 6.92 Å². The zero-order chi connectivity index (χ0) is 13.8. The number of hydrogen-bond acceptors (Lipinski definition) is 3. The highest BCUT2D eigenvalue weighted by Gasteiger charge is 2.05. The van der Waals surface area contributed by atoms with E-state index in [1.54, 1.807) is 4.68 Å². The lowest BCUT2D eigenvalue weighted by Crippen LogP contribution is -2.08. The Bertz CT molecular complexity index is 531. The van der Waals surface area contributed by atoms with Crippen LogP contribution in [-0.4, -0.2) is 16.3 Å². The standard InChI is InChI=1S/C15H21N3O/c1-11(9-16)14-6-4-13(5-7-14)10-19-15-8-12(2)17-18(15)3/h4-8,11H,9-10,16H2,1-3H3. The number of benzene rings is 1. The van der Waals surface area contributed by atoms with Crippen molar-refractivity contribution < 1.29 is 4.74 Å². The molecule has 0 aliphatic heterocycles. The first kappa shape index (κ1) is 13.6. The van der Waals surface area contributed by atoms with E-state index in [0.29, 0.717) is 19.1 Å². The van der Waals surface area contributed by atoms with Crippen molar-refractivity contribution in [2.75, 3.05) is 6.54 Å². The van der Waals surface area contributed by atoms with Crippen LogP contribution < -0.4 is 10.5 Å². The van der Waals surface area contributed by atoms with Crippen molar-refractivity contribution >= 4 is 0 Å². The normalized spacial score (nSPS) is 12.4. The van der Waals surface area contributed by atoms with E-state index in [1.807, 2.05) is 20.0 Å². The van der Waals surface area contributed by atoms with Gasteiger partial charge in [-0.2, -0.15) is 5.10 Å². The minimum absolute atomic E-state index is 0.398. The van der Waals surface area contributed by atoms with Gasteiger partial charge in [0.1, 0.15) is 6.61 Å². The lowest BCUT2D eigenvalue weighted by Gasteiger charge is -2.10. The Kier molecular flexibility index (Phi) is 4.22. The molecule has 2 N–H and O–H groups in total. The molecule has 0 fully saturated rings. The average Bonchev–Trinajstić information content (AvgIpc) is 2.74. The molecule has 1 aromatic heterocycles. The molecule has 2 aromatic rings. The van der Waals surface area contributed by atoms with Crippen molar-refractivity contribution in [3.05, 3.63) is 47.2 Å². The molecule has 0 aliphatic carbocycles. The molecule has 0 saturated carbocycles. The van der Waals surface area contributed by atoms with Gasteiger partial charge >= 0.3 is 0 Å². The van der Waals surface area contributed by atoms with E-state index in [-0.39, 0.29) is 0 Å². The first-order valence-electron chi connectivity index (χ1n) is 6.52. The van der Waals surface area contributed by atoms with Gasteiger partial charge in [-0.25, -0.2) is 4.68 Å². The molecule has 0 amide bonds. The topological polar surface area (TPSA) is 53.1 Å². The average molecular weight is 259 g/mol. The van der Waals surface area contributed by atoms with Crippen molar-refractivity contribution in [2.24, 2.45) is 12.8 Å². The molecule has 0 aliphatic rings. The van der Waals surface area contributed by atoms with Crippen LogP contribution in [0.25, 0.3) is 0 Å². The van der Waals surface area contributed by atoms with Crippen LogP contribution in [0.2, 0.25) is 0 Å². The van der Waals surface area contributed by atoms with Crippen LogP contribution in [0.5, 0.6) is 5.88 Å². The highest BCUT2D eigenvalue weighted by Crippen LogP contribution is 2.17. The van der Waals surface area contributed by atoms with Crippen molar-refractivity contribution in [2.45, 2.75) is 26.4 Å². The van der Waals surface area contributed by atoms with Crippen molar-refractivity contribution in [3.63, 3.8) is 0 Å². The maximum absolute atomic E-state index is 5.75. The number of hydrogen-bond donors (Lipinski definition) is 1. The minimum Gasteiger partial charge on any atom is -0.473 e. The van der Waals surface area contributed by atoms with E-state index in [0.717, 1.165) is 17.1 Å². The molecule has 4 nitrogen and oxygen atoms in total. The Balaban J connectivity index is 1.98. The Hall–Kier alpha value is -1.81. The van der Waals surface area contributed by atoms with Crippen LogP contribution in [0.4, 0.5) is 0 Å². The third-order valence-electron chi connectivity index (χ3n) is 3.25. The van der Waals surface area contributed by atoms with Crippen molar-refractivity contribution in [1.29, 1.82) is 0 Å². The molecule has 1 heterocycles. The molecule has 0 radical (unpaired) electrons. The number of ether oxygens (including phenoxy) is 1. The Morgan fingerprint density at radius 2 is 2.00 bits per heavy atom. The lowest BCUT2D eigenvalue weighted by atomic mass is 10.0. The molecule has 0 spiro atoms. The molecular formula is C15H21N3O. The van der Waals surface area contributed by atoms with Crippen LogP contribution in [0.15, 0.2) is 30.3 Å². The second-order valence-corrected chi connectivity index (χ2v) is 4.91. The van der Waals surface area contributed by atoms with E-state index in [9.17, 15) is 0 Å². The summed E-state index contributed by atoms with van der Waals surface area (Å²) in [5.74, 6) is 1.19. The van der Waals surface area contributed by atoms with Gasteiger partial charge in [-0.3, -0.25) is 0 Å². The van der Waals surface area contributed by atoms with Gasteiger partial charge in [0.25, 0.3) is 0 Å². The summed E-state index contributed by atoms with van der Waals surface area (Å²) in [6.45, 7) is 5.31. The second kappa shape index (κ2) is 5.89. The highest BCUT2D eigenvalue weighted by molar-refractivity contribution is 5.25. The first-order valence-corrected chi connectivity index (χ1v) is 6.52. The molecule has 1 unspecified atom stereocenters. The molecule has 0 saturated heterocycles. The van der Waals surface area contributed by atoms with E-state index in [1.165, 1.54) is 5.56 Å². The van der Waals surface area contributed by atoms with Gasteiger partial charge < -0.3 is 10.5 Å². The minimum atomic E-state index is 0.398. The van der Waals surface area contributed by atoms with Crippen molar-refractivity contribution in [1.82, 2.24) is 9.78 Å². The van der Waals surface area contributed by atoms with Crippen LogP contribution in [0.3, 0.4) is 0 Å². The van der Waals surface area contributed by atoms with Crippen molar-refractivity contribution in [3.8, 4) is 5.88 Å².